The van der Waals surface area contributed by atoms with E-state index < -0.39 is 20.8 Å². The zero-order chi connectivity index (χ0) is 17.4. The van der Waals surface area contributed by atoms with Crippen LogP contribution >= 0.6 is 0 Å². The van der Waals surface area contributed by atoms with Crippen LogP contribution in [0.15, 0.2) is 12.1 Å². The molecule has 5 heteroatoms. The molecule has 0 aromatic carbocycles. The number of nitrogens with zero attached hydrogens (tertiary/aromatic N) is 2. The summed E-state index contributed by atoms with van der Waals surface area (Å²) in [5, 5.41) is 0. The molecule has 0 saturated carbocycles. The first-order chi connectivity index (χ1) is 10.8. The second-order valence-corrected chi connectivity index (χ2v) is 16.4. The Labute approximate surface area is 146 Å². The van der Waals surface area contributed by atoms with Gasteiger partial charge < -0.3 is 0 Å². The fourth-order valence-corrected chi connectivity index (χ4v) is 17.3. The average Bonchev–Trinajstić information content (AvgIpc) is 3.01. The van der Waals surface area contributed by atoms with Crippen molar-refractivity contribution in [3.63, 3.8) is 0 Å². The van der Waals surface area contributed by atoms with E-state index in [4.69, 9.17) is 0 Å². The second kappa shape index (κ2) is 7.08. The number of nitrogens with one attached hydrogen (secondary N) is 2. The summed E-state index contributed by atoms with van der Waals surface area (Å²) in [6, 6.07) is 4.79. The average molecular weight is 396 g/mol. The van der Waals surface area contributed by atoms with Crippen molar-refractivity contribution in [1.82, 2.24) is 15.7 Å². The summed E-state index contributed by atoms with van der Waals surface area (Å²) in [4.78, 5) is 7.11. The summed E-state index contributed by atoms with van der Waals surface area (Å²) >= 11 is -3.18. The summed E-state index contributed by atoms with van der Waals surface area (Å²) in [6.07, 6.45) is 0. The van der Waals surface area contributed by atoms with E-state index >= 15 is 0 Å². The number of aromatic amines is 2. The SMILES string of the molecule is CC[N](C)[Zr]([c]1cc(C)[nH]c1C)([c]1cc(C)[nH]c1C)[N](C)CC. The summed E-state index contributed by atoms with van der Waals surface area (Å²) < 4.78 is 8.41. The van der Waals surface area contributed by atoms with E-state index in [0.29, 0.717) is 0 Å². The number of rotatable bonds is 6. The summed E-state index contributed by atoms with van der Waals surface area (Å²) in [5.41, 5.74) is 5.18. The molecular formula is C18H32N4Zr. The van der Waals surface area contributed by atoms with Crippen LogP contribution in [0.3, 0.4) is 0 Å². The normalized spacial score (nSPS) is 12.6. The number of hydrogen-bond donors (Lipinski definition) is 2. The molecule has 2 N–H and O–H groups in total. The number of aryl methyl sites for hydroxylation is 4. The molecular weight excluding hydrogens is 363 g/mol. The number of H-pyrrole nitrogens is 2. The monoisotopic (exact) mass is 394 g/mol. The predicted octanol–water partition coefficient (Wildman–Crippen LogP) is 2.41. The van der Waals surface area contributed by atoms with Gasteiger partial charge in [-0.2, -0.15) is 0 Å². The van der Waals surface area contributed by atoms with Crippen molar-refractivity contribution in [3.05, 3.63) is 34.9 Å². The Balaban J connectivity index is 2.85. The van der Waals surface area contributed by atoms with Crippen molar-refractivity contribution in [2.75, 3.05) is 27.2 Å². The Bertz CT molecular complexity index is 612. The van der Waals surface area contributed by atoms with Gasteiger partial charge in [-0.3, -0.25) is 0 Å². The fourth-order valence-electron chi connectivity index (χ4n) is 3.89. The number of hydrogen-bond acceptors (Lipinski definition) is 2. The van der Waals surface area contributed by atoms with Gasteiger partial charge in [0.15, 0.2) is 0 Å². The molecule has 0 atom stereocenters. The molecule has 2 aromatic rings. The van der Waals surface area contributed by atoms with Crippen molar-refractivity contribution in [2.24, 2.45) is 0 Å². The number of aromatic nitrogens is 2. The fraction of sp³-hybridized carbons (Fsp3) is 0.556. The zero-order valence-electron chi connectivity index (χ0n) is 16.0. The first kappa shape index (κ1) is 18.7. The molecule has 0 aliphatic heterocycles. The molecule has 4 nitrogen and oxygen atoms in total. The molecule has 2 heterocycles. The van der Waals surface area contributed by atoms with Gasteiger partial charge in [-0.15, -0.1) is 0 Å². The van der Waals surface area contributed by atoms with Gasteiger partial charge in [0.2, 0.25) is 0 Å². The molecule has 0 radical (unpaired) electrons. The molecule has 0 amide bonds. The standard InChI is InChI=1S/2C6H8N.2C3H8N.Zr/c2*1-5-3-4-6(2)7-5;2*1-3-4-2;/h2*3,7H,1-2H3;2*3H2,1-2H3;/q;;2*-1;+2. The maximum absolute atomic E-state index is 3.56. The van der Waals surface area contributed by atoms with Gasteiger partial charge in [-0.25, -0.2) is 0 Å². The molecule has 128 valence electrons. The molecule has 23 heavy (non-hydrogen) atoms. The summed E-state index contributed by atoms with van der Waals surface area (Å²) in [6.45, 7) is 15.5. The Hall–Kier alpha value is -0.637. The van der Waals surface area contributed by atoms with Crippen molar-refractivity contribution in [3.8, 4) is 0 Å². The van der Waals surface area contributed by atoms with Crippen LogP contribution in [0.5, 0.6) is 0 Å². The molecule has 2 aromatic heterocycles. The molecule has 0 unspecified atom stereocenters. The van der Waals surface area contributed by atoms with E-state index in [1.165, 1.54) is 22.8 Å². The Morgan fingerprint density at radius 2 is 1.13 bits per heavy atom. The second-order valence-electron chi connectivity index (χ2n) is 6.68. The first-order valence-electron chi connectivity index (χ1n) is 8.54. The zero-order valence-corrected chi connectivity index (χ0v) is 18.4. The topological polar surface area (TPSA) is 38.1 Å². The van der Waals surface area contributed by atoms with Gasteiger partial charge in [0.1, 0.15) is 0 Å². The molecule has 2 rings (SSSR count). The molecule has 0 spiro atoms. The minimum absolute atomic E-state index is 1.06. The van der Waals surface area contributed by atoms with Crippen LogP contribution in [-0.4, -0.2) is 42.8 Å². The van der Waals surface area contributed by atoms with E-state index in [1.54, 1.807) is 6.54 Å². The van der Waals surface area contributed by atoms with Crippen molar-refractivity contribution in [2.45, 2.75) is 41.5 Å². The third-order valence-electron chi connectivity index (χ3n) is 5.10. The minimum atomic E-state index is -3.18. The van der Waals surface area contributed by atoms with Crippen molar-refractivity contribution in [1.29, 1.82) is 0 Å². The Morgan fingerprint density at radius 1 is 0.783 bits per heavy atom. The van der Waals surface area contributed by atoms with Crippen LogP contribution in [0.1, 0.15) is 36.6 Å². The Kier molecular flexibility index (Phi) is 5.76. The van der Waals surface area contributed by atoms with Crippen LogP contribution in [0.2, 0.25) is 0 Å². The van der Waals surface area contributed by atoms with Crippen LogP contribution < -0.4 is 6.54 Å². The summed E-state index contributed by atoms with van der Waals surface area (Å²) in [5.74, 6) is 0. The van der Waals surface area contributed by atoms with Gasteiger partial charge in [-0.1, -0.05) is 0 Å². The third kappa shape index (κ3) is 3.04. The van der Waals surface area contributed by atoms with Gasteiger partial charge >= 0.3 is 147 Å². The molecule has 0 aliphatic carbocycles. The maximum atomic E-state index is 3.56. The quantitative estimate of drug-likeness (QED) is 0.788. The van der Waals surface area contributed by atoms with Crippen molar-refractivity contribution >= 4 is 6.54 Å². The van der Waals surface area contributed by atoms with E-state index in [9.17, 15) is 0 Å². The first-order valence-corrected chi connectivity index (χ1v) is 13.2. The van der Waals surface area contributed by atoms with Crippen LogP contribution in [-0.2, 0) is 20.8 Å². The van der Waals surface area contributed by atoms with E-state index in [2.05, 4.69) is 83.4 Å². The third-order valence-corrected chi connectivity index (χ3v) is 18.3. The molecule has 0 fully saturated rings. The van der Waals surface area contributed by atoms with E-state index in [0.717, 1.165) is 13.1 Å². The van der Waals surface area contributed by atoms with E-state index in [1.807, 2.05) is 0 Å². The van der Waals surface area contributed by atoms with Crippen LogP contribution in [0.25, 0.3) is 0 Å². The Morgan fingerprint density at radius 3 is 1.35 bits per heavy atom. The van der Waals surface area contributed by atoms with Crippen molar-refractivity contribution < 1.29 is 20.8 Å². The molecule has 0 aliphatic rings. The molecule has 0 saturated heterocycles. The van der Waals surface area contributed by atoms with Gasteiger partial charge in [0.05, 0.1) is 0 Å². The summed E-state index contributed by atoms with van der Waals surface area (Å²) in [7, 11) is 4.62. The van der Waals surface area contributed by atoms with Gasteiger partial charge in [0, 0.05) is 0 Å². The van der Waals surface area contributed by atoms with Crippen LogP contribution in [0, 0.1) is 27.7 Å². The van der Waals surface area contributed by atoms with Gasteiger partial charge in [-0.05, 0) is 0 Å². The predicted molar refractivity (Wildman–Crippen MR) is 96.4 cm³/mol. The van der Waals surface area contributed by atoms with E-state index in [-0.39, 0.29) is 0 Å². The van der Waals surface area contributed by atoms with Crippen LogP contribution in [0.4, 0.5) is 0 Å². The molecule has 0 bridgehead atoms. The van der Waals surface area contributed by atoms with Gasteiger partial charge in [0.25, 0.3) is 0 Å².